The van der Waals surface area contributed by atoms with Gasteiger partial charge in [0.1, 0.15) is 0 Å². The first kappa shape index (κ1) is 15.7. The Hall–Kier alpha value is -0.280. The maximum Gasteiger partial charge on any atom is 0.226 e. The highest BCUT2D eigenvalue weighted by Crippen LogP contribution is 2.44. The monoisotopic (exact) mass is 248 g/mol. The summed E-state index contributed by atoms with van der Waals surface area (Å²) in [6.45, 7) is 4.97. The lowest BCUT2D eigenvalue weighted by molar-refractivity contribution is -0.136. The maximum atomic E-state index is 12.0. The molecule has 0 aromatic heterocycles. The van der Waals surface area contributed by atoms with Gasteiger partial charge < -0.3 is 10.6 Å². The van der Waals surface area contributed by atoms with Gasteiger partial charge in [0.25, 0.3) is 0 Å². The molecule has 3 nitrogen and oxygen atoms in total. The predicted octanol–water partition coefficient (Wildman–Crippen LogP) is 2.10. The lowest BCUT2D eigenvalue weighted by Gasteiger charge is -2.40. The number of likely N-dealkylation sites (N-methyl/N-ethyl adjacent to an activating group) is 1. The van der Waals surface area contributed by atoms with Crippen LogP contribution in [0.2, 0.25) is 0 Å². The number of nitrogens with one attached hydrogen (secondary N) is 2. The minimum absolute atomic E-state index is 0. The average molecular weight is 249 g/mol. The quantitative estimate of drug-likeness (QED) is 0.756. The van der Waals surface area contributed by atoms with Crippen molar-refractivity contribution in [2.45, 2.75) is 52.0 Å². The number of rotatable bonds is 6. The van der Waals surface area contributed by atoms with E-state index in [0.29, 0.717) is 6.04 Å². The zero-order valence-electron chi connectivity index (χ0n) is 10.6. The Bertz CT molecular complexity index is 217. The molecule has 1 rings (SSSR count). The van der Waals surface area contributed by atoms with Crippen LogP contribution >= 0.6 is 12.4 Å². The molecule has 1 unspecified atom stereocenters. The predicted molar refractivity (Wildman–Crippen MR) is 70.0 cm³/mol. The van der Waals surface area contributed by atoms with Gasteiger partial charge in [-0.3, -0.25) is 4.79 Å². The van der Waals surface area contributed by atoms with Crippen molar-refractivity contribution in [1.82, 2.24) is 10.6 Å². The van der Waals surface area contributed by atoms with Crippen LogP contribution in [0, 0.1) is 5.41 Å². The van der Waals surface area contributed by atoms with Gasteiger partial charge in [-0.25, -0.2) is 0 Å². The molecular formula is C12H25ClN2O. The van der Waals surface area contributed by atoms with E-state index in [9.17, 15) is 4.79 Å². The van der Waals surface area contributed by atoms with E-state index in [1.54, 1.807) is 0 Å². The van der Waals surface area contributed by atoms with Gasteiger partial charge in [0, 0.05) is 18.0 Å². The van der Waals surface area contributed by atoms with Gasteiger partial charge in [-0.2, -0.15) is 0 Å². The number of carbonyl (C=O) groups excluding carboxylic acids is 1. The van der Waals surface area contributed by atoms with Gasteiger partial charge in [-0.05, 0) is 33.2 Å². The average Bonchev–Trinajstić information content (AvgIpc) is 2.19. The van der Waals surface area contributed by atoms with Crippen molar-refractivity contribution < 1.29 is 4.79 Å². The summed E-state index contributed by atoms with van der Waals surface area (Å²) >= 11 is 0. The van der Waals surface area contributed by atoms with Crippen molar-refractivity contribution in [3.8, 4) is 0 Å². The molecule has 0 bridgehead atoms. The molecule has 1 amide bonds. The molecule has 96 valence electrons. The summed E-state index contributed by atoms with van der Waals surface area (Å²) in [6.07, 6.45) is 5.54. The molecule has 0 saturated heterocycles. The van der Waals surface area contributed by atoms with E-state index in [1.807, 2.05) is 7.05 Å². The Morgan fingerprint density at radius 3 is 2.44 bits per heavy atom. The van der Waals surface area contributed by atoms with Crippen LogP contribution in [0.3, 0.4) is 0 Å². The number of amides is 1. The summed E-state index contributed by atoms with van der Waals surface area (Å²) in [5.74, 6) is 0.276. The molecule has 0 heterocycles. The minimum atomic E-state index is -0.0117. The SMILES string of the molecule is CCCC1(C(=O)NCC(C)NC)CCC1.Cl. The van der Waals surface area contributed by atoms with Gasteiger partial charge >= 0.3 is 0 Å². The largest absolute Gasteiger partial charge is 0.354 e. The van der Waals surface area contributed by atoms with Gasteiger partial charge in [0.05, 0.1) is 0 Å². The van der Waals surface area contributed by atoms with Gasteiger partial charge in [0.2, 0.25) is 5.91 Å². The summed E-state index contributed by atoms with van der Waals surface area (Å²) in [5, 5.41) is 6.18. The summed E-state index contributed by atoms with van der Waals surface area (Å²) in [6, 6.07) is 0.354. The Morgan fingerprint density at radius 1 is 1.44 bits per heavy atom. The van der Waals surface area contributed by atoms with E-state index in [4.69, 9.17) is 0 Å². The zero-order valence-corrected chi connectivity index (χ0v) is 11.5. The molecule has 1 atom stereocenters. The topological polar surface area (TPSA) is 41.1 Å². The molecule has 16 heavy (non-hydrogen) atoms. The molecule has 1 fully saturated rings. The fourth-order valence-corrected chi connectivity index (χ4v) is 2.21. The molecule has 0 radical (unpaired) electrons. The van der Waals surface area contributed by atoms with Crippen LogP contribution in [0.4, 0.5) is 0 Å². The van der Waals surface area contributed by atoms with Crippen LogP contribution in [0.5, 0.6) is 0 Å². The third kappa shape index (κ3) is 3.63. The van der Waals surface area contributed by atoms with E-state index in [2.05, 4.69) is 24.5 Å². The van der Waals surface area contributed by atoms with Crippen molar-refractivity contribution in [2.75, 3.05) is 13.6 Å². The molecule has 1 aliphatic carbocycles. The number of halogens is 1. The first-order valence-corrected chi connectivity index (χ1v) is 6.10. The second-order valence-corrected chi connectivity index (χ2v) is 4.78. The summed E-state index contributed by atoms with van der Waals surface area (Å²) in [4.78, 5) is 12.0. The zero-order chi connectivity index (χ0) is 11.3. The van der Waals surface area contributed by atoms with Crippen molar-refractivity contribution in [3.05, 3.63) is 0 Å². The van der Waals surface area contributed by atoms with Crippen LogP contribution in [0.1, 0.15) is 46.0 Å². The number of carbonyl (C=O) groups is 1. The van der Waals surface area contributed by atoms with E-state index in [0.717, 1.165) is 32.2 Å². The second-order valence-electron chi connectivity index (χ2n) is 4.78. The lowest BCUT2D eigenvalue weighted by atomic mass is 9.65. The summed E-state index contributed by atoms with van der Waals surface area (Å²) < 4.78 is 0. The van der Waals surface area contributed by atoms with E-state index < -0.39 is 0 Å². The maximum absolute atomic E-state index is 12.0. The Kier molecular flexibility index (Phi) is 7.00. The highest BCUT2D eigenvalue weighted by molar-refractivity contribution is 5.85. The third-order valence-electron chi connectivity index (χ3n) is 3.58. The van der Waals surface area contributed by atoms with Crippen molar-refractivity contribution >= 4 is 18.3 Å². The van der Waals surface area contributed by atoms with Crippen LogP contribution in [0.25, 0.3) is 0 Å². The first-order chi connectivity index (χ1) is 7.14. The van der Waals surface area contributed by atoms with Crippen molar-refractivity contribution in [3.63, 3.8) is 0 Å². The third-order valence-corrected chi connectivity index (χ3v) is 3.58. The lowest BCUT2D eigenvalue weighted by Crippen LogP contribution is -2.48. The molecular weight excluding hydrogens is 224 g/mol. The molecule has 0 aliphatic heterocycles. The van der Waals surface area contributed by atoms with E-state index in [1.165, 1.54) is 6.42 Å². The smallest absolute Gasteiger partial charge is 0.226 e. The molecule has 2 N–H and O–H groups in total. The minimum Gasteiger partial charge on any atom is -0.354 e. The van der Waals surface area contributed by atoms with Crippen LogP contribution < -0.4 is 10.6 Å². The van der Waals surface area contributed by atoms with E-state index >= 15 is 0 Å². The Balaban J connectivity index is 0.00000225. The van der Waals surface area contributed by atoms with Gasteiger partial charge in [-0.1, -0.05) is 19.8 Å². The summed E-state index contributed by atoms with van der Waals surface area (Å²) in [7, 11) is 1.92. The van der Waals surface area contributed by atoms with Crippen LogP contribution in [0.15, 0.2) is 0 Å². The highest BCUT2D eigenvalue weighted by atomic mass is 35.5. The molecule has 0 spiro atoms. The van der Waals surface area contributed by atoms with Crippen LogP contribution in [-0.4, -0.2) is 25.5 Å². The normalized spacial score (nSPS) is 19.2. The standard InChI is InChI=1S/C12H24N2O.ClH/c1-4-6-12(7-5-8-12)11(15)14-9-10(2)13-3;/h10,13H,4-9H2,1-3H3,(H,14,15);1H. The van der Waals surface area contributed by atoms with Gasteiger partial charge in [0.15, 0.2) is 0 Å². The highest BCUT2D eigenvalue weighted by Gasteiger charge is 2.42. The van der Waals surface area contributed by atoms with Crippen LogP contribution in [-0.2, 0) is 4.79 Å². The molecule has 1 saturated carbocycles. The molecule has 0 aromatic carbocycles. The molecule has 0 aromatic rings. The fraction of sp³-hybridized carbons (Fsp3) is 0.917. The summed E-state index contributed by atoms with van der Waals surface area (Å²) in [5.41, 5.74) is -0.0117. The van der Waals surface area contributed by atoms with Crippen molar-refractivity contribution in [1.29, 1.82) is 0 Å². The fourth-order valence-electron chi connectivity index (χ4n) is 2.21. The molecule has 4 heteroatoms. The number of hydrogen-bond donors (Lipinski definition) is 2. The van der Waals surface area contributed by atoms with Crippen molar-refractivity contribution in [2.24, 2.45) is 5.41 Å². The van der Waals surface area contributed by atoms with E-state index in [-0.39, 0.29) is 23.7 Å². The Labute approximate surface area is 105 Å². The Morgan fingerprint density at radius 2 is 2.06 bits per heavy atom. The van der Waals surface area contributed by atoms with Gasteiger partial charge in [-0.15, -0.1) is 12.4 Å². The second kappa shape index (κ2) is 7.13. The number of hydrogen-bond acceptors (Lipinski definition) is 2. The first-order valence-electron chi connectivity index (χ1n) is 6.10. The molecule has 1 aliphatic rings.